The second-order valence-corrected chi connectivity index (χ2v) is 6.42. The summed E-state index contributed by atoms with van der Waals surface area (Å²) in [6.07, 6.45) is 7.52. The van der Waals surface area contributed by atoms with Gasteiger partial charge in [0, 0.05) is 11.3 Å². The molecule has 25 heavy (non-hydrogen) atoms. The molecule has 0 radical (unpaired) electrons. The Balaban J connectivity index is 1.77. The first-order valence-corrected chi connectivity index (χ1v) is 8.72. The van der Waals surface area contributed by atoms with Gasteiger partial charge in [0.05, 0.1) is 13.2 Å². The summed E-state index contributed by atoms with van der Waals surface area (Å²) in [6, 6.07) is 17.9. The minimum absolute atomic E-state index is 0.0140. The summed E-state index contributed by atoms with van der Waals surface area (Å²) < 4.78 is 5.23. The number of carbonyl (C=O) groups is 1. The molecule has 1 aliphatic heterocycles. The van der Waals surface area contributed by atoms with Crippen molar-refractivity contribution in [2.45, 2.75) is 25.3 Å². The van der Waals surface area contributed by atoms with Crippen molar-refractivity contribution < 1.29 is 9.53 Å². The molecule has 1 amide bonds. The lowest BCUT2D eigenvalue weighted by Crippen LogP contribution is -2.50. The molecule has 4 rings (SSSR count). The van der Waals surface area contributed by atoms with E-state index in [0.29, 0.717) is 0 Å². The van der Waals surface area contributed by atoms with Gasteiger partial charge in [0.2, 0.25) is 0 Å². The van der Waals surface area contributed by atoms with Gasteiger partial charge < -0.3 is 4.74 Å². The molecule has 3 nitrogen and oxygen atoms in total. The Morgan fingerprint density at radius 2 is 1.80 bits per heavy atom. The van der Waals surface area contributed by atoms with E-state index >= 15 is 0 Å². The number of carbonyl (C=O) groups excluding carboxylic acids is 1. The van der Waals surface area contributed by atoms with Gasteiger partial charge in [0.15, 0.2) is 0 Å². The van der Waals surface area contributed by atoms with Gasteiger partial charge in [-0.25, -0.2) is 0 Å². The predicted molar refractivity (Wildman–Crippen MR) is 99.7 cm³/mol. The maximum Gasteiger partial charge on any atom is 0.257 e. The first-order valence-electron chi connectivity index (χ1n) is 8.72. The highest BCUT2D eigenvalue weighted by molar-refractivity contribution is 6.16. The molecule has 1 atom stereocenters. The largest absolute Gasteiger partial charge is 0.497 e. The maximum atomic E-state index is 13.0. The van der Waals surface area contributed by atoms with Crippen molar-refractivity contribution >= 4 is 11.6 Å². The van der Waals surface area contributed by atoms with E-state index in [1.54, 1.807) is 7.11 Å². The van der Waals surface area contributed by atoms with Crippen molar-refractivity contribution in [3.63, 3.8) is 0 Å². The van der Waals surface area contributed by atoms with Gasteiger partial charge in [-0.1, -0.05) is 42.5 Å². The molecule has 0 bridgehead atoms. The van der Waals surface area contributed by atoms with Gasteiger partial charge >= 0.3 is 0 Å². The molecule has 0 N–H and O–H groups in total. The van der Waals surface area contributed by atoms with Crippen molar-refractivity contribution in [3.8, 4) is 5.75 Å². The van der Waals surface area contributed by atoms with Crippen molar-refractivity contribution in [2.24, 2.45) is 0 Å². The fourth-order valence-corrected chi connectivity index (χ4v) is 3.64. The van der Waals surface area contributed by atoms with Crippen LogP contribution in [-0.2, 0) is 4.79 Å². The molecule has 1 aliphatic carbocycles. The zero-order chi connectivity index (χ0) is 17.2. The van der Waals surface area contributed by atoms with Crippen LogP contribution in [0.5, 0.6) is 5.75 Å². The van der Waals surface area contributed by atoms with Crippen LogP contribution in [0.2, 0.25) is 0 Å². The number of anilines is 1. The van der Waals surface area contributed by atoms with E-state index in [9.17, 15) is 4.79 Å². The Hall–Kier alpha value is -2.81. The highest BCUT2D eigenvalue weighted by atomic mass is 16.5. The molecule has 0 aromatic heterocycles. The second-order valence-electron chi connectivity index (χ2n) is 6.42. The Kier molecular flexibility index (Phi) is 4.14. The molecule has 1 unspecified atom stereocenters. The lowest BCUT2D eigenvalue weighted by molar-refractivity contribution is -0.119. The van der Waals surface area contributed by atoms with E-state index in [-0.39, 0.29) is 11.9 Å². The van der Waals surface area contributed by atoms with E-state index in [1.165, 1.54) is 5.57 Å². The van der Waals surface area contributed by atoms with Crippen LogP contribution >= 0.6 is 0 Å². The molecule has 1 heterocycles. The number of amides is 1. The molecule has 3 heteroatoms. The molecule has 2 aliphatic rings. The quantitative estimate of drug-likeness (QED) is 0.596. The van der Waals surface area contributed by atoms with Crippen LogP contribution in [0.3, 0.4) is 0 Å². The van der Waals surface area contributed by atoms with Crippen LogP contribution in [0.1, 0.15) is 30.9 Å². The molecular formula is C22H21NO2. The Labute approximate surface area is 148 Å². The second kappa shape index (κ2) is 6.60. The summed E-state index contributed by atoms with van der Waals surface area (Å²) in [5.41, 5.74) is 4.19. The Bertz CT molecular complexity index is 834. The highest BCUT2D eigenvalue weighted by Gasteiger charge is 2.45. The standard InChI is InChI=1S/C22H21NO2/c1-25-19-14-12-18(13-15-19)23-21(17-10-6-3-7-11-17)20(22(23)24)16-8-4-2-5-9-16/h3-4,6-8,10-15,21H,2,5,9H2,1H3/b20-16-. The van der Waals surface area contributed by atoms with Crippen LogP contribution in [0.4, 0.5) is 5.69 Å². The van der Waals surface area contributed by atoms with E-state index in [0.717, 1.165) is 41.8 Å². The third-order valence-electron chi connectivity index (χ3n) is 4.93. The van der Waals surface area contributed by atoms with Crippen LogP contribution in [0.15, 0.2) is 77.9 Å². The number of hydrogen-bond acceptors (Lipinski definition) is 2. The Morgan fingerprint density at radius 3 is 2.44 bits per heavy atom. The summed E-state index contributed by atoms with van der Waals surface area (Å²) in [5.74, 6) is 0.905. The number of benzene rings is 2. The lowest BCUT2D eigenvalue weighted by Gasteiger charge is -2.44. The molecule has 2 aromatic carbocycles. The van der Waals surface area contributed by atoms with E-state index in [2.05, 4.69) is 24.3 Å². The van der Waals surface area contributed by atoms with E-state index in [4.69, 9.17) is 4.74 Å². The van der Waals surface area contributed by atoms with Crippen molar-refractivity contribution in [1.29, 1.82) is 0 Å². The average Bonchev–Trinajstić information content (AvgIpc) is 2.68. The van der Waals surface area contributed by atoms with Crippen LogP contribution in [0, 0.1) is 0 Å². The molecule has 126 valence electrons. The minimum atomic E-state index is -0.0140. The smallest absolute Gasteiger partial charge is 0.257 e. The van der Waals surface area contributed by atoms with Crippen molar-refractivity contribution in [1.82, 2.24) is 0 Å². The molecule has 2 aromatic rings. The van der Waals surface area contributed by atoms with Crippen molar-refractivity contribution in [2.75, 3.05) is 12.0 Å². The molecular weight excluding hydrogens is 310 g/mol. The molecule has 0 saturated carbocycles. The summed E-state index contributed by atoms with van der Waals surface area (Å²) in [6.45, 7) is 0. The summed E-state index contributed by atoms with van der Waals surface area (Å²) in [7, 11) is 1.65. The highest BCUT2D eigenvalue weighted by Crippen LogP contribution is 2.46. The van der Waals surface area contributed by atoms with Gasteiger partial charge in [0.25, 0.3) is 5.91 Å². The molecule has 1 saturated heterocycles. The van der Waals surface area contributed by atoms with Gasteiger partial charge in [-0.05, 0) is 54.7 Å². The summed E-state index contributed by atoms with van der Waals surface area (Å²) >= 11 is 0. The number of methoxy groups -OCH3 is 1. The first-order chi connectivity index (χ1) is 12.3. The van der Waals surface area contributed by atoms with Crippen LogP contribution in [-0.4, -0.2) is 13.0 Å². The number of allylic oxidation sites excluding steroid dienone is 3. The van der Waals surface area contributed by atoms with Gasteiger partial charge in [-0.15, -0.1) is 0 Å². The molecule has 0 spiro atoms. The topological polar surface area (TPSA) is 29.5 Å². The maximum absolute atomic E-state index is 13.0. The average molecular weight is 331 g/mol. The summed E-state index contributed by atoms with van der Waals surface area (Å²) in [4.78, 5) is 14.9. The van der Waals surface area contributed by atoms with Gasteiger partial charge in [0.1, 0.15) is 5.75 Å². The monoisotopic (exact) mass is 331 g/mol. The van der Waals surface area contributed by atoms with Crippen molar-refractivity contribution in [3.05, 3.63) is 83.5 Å². The SMILES string of the molecule is COc1ccc(N2C(=O)/C(=C3/C=CCCC3)C2c2ccccc2)cc1. The van der Waals surface area contributed by atoms with E-state index in [1.807, 2.05) is 47.4 Å². The fourth-order valence-electron chi connectivity index (χ4n) is 3.64. The minimum Gasteiger partial charge on any atom is -0.497 e. The lowest BCUT2D eigenvalue weighted by atomic mass is 9.81. The number of hydrogen-bond donors (Lipinski definition) is 0. The zero-order valence-electron chi connectivity index (χ0n) is 14.3. The third kappa shape index (κ3) is 2.76. The normalized spacial score (nSPS) is 22.7. The summed E-state index contributed by atoms with van der Waals surface area (Å²) in [5, 5.41) is 0. The van der Waals surface area contributed by atoms with E-state index < -0.39 is 0 Å². The predicted octanol–water partition coefficient (Wildman–Crippen LogP) is 4.82. The zero-order valence-corrected chi connectivity index (χ0v) is 14.3. The number of rotatable bonds is 3. The molecule has 1 fully saturated rings. The number of nitrogens with zero attached hydrogens (tertiary/aromatic N) is 1. The number of ether oxygens (including phenoxy) is 1. The third-order valence-corrected chi connectivity index (χ3v) is 4.93. The van der Waals surface area contributed by atoms with Gasteiger partial charge in [-0.3, -0.25) is 9.69 Å². The number of β-lactam (4-membered cyclic amide) rings is 1. The van der Waals surface area contributed by atoms with Gasteiger partial charge in [-0.2, -0.15) is 0 Å². The first kappa shape index (κ1) is 15.7. The van der Waals surface area contributed by atoms with Crippen LogP contribution < -0.4 is 9.64 Å². The van der Waals surface area contributed by atoms with Crippen LogP contribution in [0.25, 0.3) is 0 Å². The Morgan fingerprint density at radius 1 is 1.04 bits per heavy atom. The fraction of sp³-hybridized carbons (Fsp3) is 0.227.